The van der Waals surface area contributed by atoms with Gasteiger partial charge in [0.25, 0.3) is 5.91 Å². The topological polar surface area (TPSA) is 76.3 Å². The van der Waals surface area contributed by atoms with Crippen LogP contribution in [0.1, 0.15) is 22.8 Å². The molecule has 1 aromatic carbocycles. The van der Waals surface area contributed by atoms with Gasteiger partial charge in [0.05, 0.1) is 12.0 Å². The molecule has 0 saturated carbocycles. The molecule has 1 unspecified atom stereocenters. The number of benzene rings is 1. The summed E-state index contributed by atoms with van der Waals surface area (Å²) in [7, 11) is 0. The molecular weight excluding hydrogens is 340 g/mol. The van der Waals surface area contributed by atoms with E-state index in [2.05, 4.69) is 15.3 Å². The molecule has 1 aliphatic carbocycles. The fraction of sp³-hybridized carbons (Fsp3) is 0.143. The number of hydrogen-bond donors (Lipinski definition) is 1. The minimum Gasteiger partial charge on any atom is -0.333 e. The Bertz CT molecular complexity index is 1010. The molecule has 1 aromatic heterocycles. The van der Waals surface area contributed by atoms with Gasteiger partial charge in [-0.05, 0) is 36.8 Å². The molecule has 27 heavy (non-hydrogen) atoms. The first kappa shape index (κ1) is 16.9. The minimum atomic E-state index is -0.312. The third kappa shape index (κ3) is 3.69. The van der Waals surface area contributed by atoms with Crippen molar-refractivity contribution in [3.8, 4) is 0 Å². The smallest absolute Gasteiger partial charge is 0.277 e. The summed E-state index contributed by atoms with van der Waals surface area (Å²) in [5.41, 5.74) is 3.86. The van der Waals surface area contributed by atoms with Crippen LogP contribution in [0.25, 0.3) is 0 Å². The number of amides is 2. The normalized spacial score (nSPS) is 20.0. The summed E-state index contributed by atoms with van der Waals surface area (Å²) < 4.78 is 1.96. The van der Waals surface area contributed by atoms with E-state index in [4.69, 9.17) is 0 Å². The molecule has 1 aliphatic heterocycles. The van der Waals surface area contributed by atoms with Crippen molar-refractivity contribution in [1.82, 2.24) is 14.9 Å². The quantitative estimate of drug-likeness (QED) is 0.916. The molecule has 1 N–H and O–H groups in total. The van der Waals surface area contributed by atoms with Crippen molar-refractivity contribution >= 4 is 17.5 Å². The predicted octanol–water partition coefficient (Wildman–Crippen LogP) is 2.66. The molecule has 2 heterocycles. The number of carbonyl (C=O) groups is 2. The maximum atomic E-state index is 12.5. The second-order valence-electron chi connectivity index (χ2n) is 6.59. The lowest BCUT2D eigenvalue weighted by Gasteiger charge is -2.25. The van der Waals surface area contributed by atoms with Crippen LogP contribution in [-0.2, 0) is 11.3 Å². The molecule has 6 heteroatoms. The first-order chi connectivity index (χ1) is 13.1. The Hall–Kier alpha value is -3.54. The van der Waals surface area contributed by atoms with Gasteiger partial charge >= 0.3 is 0 Å². The monoisotopic (exact) mass is 358 g/mol. The second-order valence-corrected chi connectivity index (χ2v) is 6.59. The van der Waals surface area contributed by atoms with Gasteiger partial charge in [0.2, 0.25) is 5.91 Å². The average Bonchev–Trinajstić information content (AvgIpc) is 3.15. The van der Waals surface area contributed by atoms with Gasteiger partial charge in [0.1, 0.15) is 0 Å². The van der Waals surface area contributed by atoms with E-state index >= 15 is 0 Å². The minimum absolute atomic E-state index is 0.0409. The highest BCUT2D eigenvalue weighted by Gasteiger charge is 2.23. The molecule has 2 aliphatic rings. The third-order valence-electron chi connectivity index (χ3n) is 4.57. The van der Waals surface area contributed by atoms with Crippen molar-refractivity contribution in [2.24, 2.45) is 10.9 Å². The van der Waals surface area contributed by atoms with Gasteiger partial charge in [-0.1, -0.05) is 23.8 Å². The first-order valence-corrected chi connectivity index (χ1v) is 8.65. The van der Waals surface area contributed by atoms with Crippen LogP contribution < -0.4 is 5.32 Å². The number of imidazole rings is 1. The van der Waals surface area contributed by atoms with Gasteiger partial charge in [-0.15, -0.1) is 0 Å². The zero-order chi connectivity index (χ0) is 18.8. The van der Waals surface area contributed by atoms with E-state index in [0.717, 1.165) is 16.8 Å². The van der Waals surface area contributed by atoms with Gasteiger partial charge in [-0.25, -0.2) is 9.98 Å². The molecule has 0 saturated heterocycles. The van der Waals surface area contributed by atoms with Crippen LogP contribution in [0.3, 0.4) is 0 Å². The Balaban J connectivity index is 1.49. The molecular formula is C21H18N4O2. The molecule has 4 rings (SSSR count). The number of aliphatic imine (C=N–C) groups is 1. The summed E-state index contributed by atoms with van der Waals surface area (Å²) in [5.74, 6) is -0.419. The van der Waals surface area contributed by atoms with Crippen molar-refractivity contribution in [2.45, 2.75) is 13.5 Å². The number of allylic oxidation sites excluding steroid dienone is 3. The van der Waals surface area contributed by atoms with E-state index in [0.29, 0.717) is 17.8 Å². The standard InChI is InChI=1S/C21H18N4O2/c1-14-10-20(26)24-19-11-17(6-7-18(14)19)23-21(27)16-4-2-15(3-5-16)12-25-9-8-22-13-25/h2-11,13,18H,12H2,1H3,(H,24,26). The van der Waals surface area contributed by atoms with E-state index in [1.165, 1.54) is 0 Å². The summed E-state index contributed by atoms with van der Waals surface area (Å²) in [6, 6.07) is 7.37. The van der Waals surface area contributed by atoms with Crippen molar-refractivity contribution in [3.63, 3.8) is 0 Å². The number of aromatic nitrogens is 2. The SMILES string of the molecule is CC1=CC(=O)NC2=CC(=NC(=O)c3ccc(Cn4ccnc4)cc3)C=CC12. The molecule has 1 atom stereocenters. The third-order valence-corrected chi connectivity index (χ3v) is 4.57. The zero-order valence-corrected chi connectivity index (χ0v) is 14.8. The Morgan fingerprint density at radius 1 is 1.26 bits per heavy atom. The number of fused-ring (bicyclic) bond motifs is 1. The van der Waals surface area contributed by atoms with Crippen LogP contribution in [0.4, 0.5) is 0 Å². The largest absolute Gasteiger partial charge is 0.333 e. The van der Waals surface area contributed by atoms with Gasteiger partial charge in [-0.2, -0.15) is 0 Å². The zero-order valence-electron chi connectivity index (χ0n) is 14.8. The van der Waals surface area contributed by atoms with Gasteiger partial charge in [-0.3, -0.25) is 9.59 Å². The Kier molecular flexibility index (Phi) is 4.38. The Morgan fingerprint density at radius 2 is 2.07 bits per heavy atom. The lowest BCUT2D eigenvalue weighted by molar-refractivity contribution is -0.116. The van der Waals surface area contributed by atoms with Crippen molar-refractivity contribution in [1.29, 1.82) is 0 Å². The number of nitrogens with one attached hydrogen (secondary N) is 1. The average molecular weight is 358 g/mol. The fourth-order valence-electron chi connectivity index (χ4n) is 3.18. The molecule has 2 amide bonds. The van der Waals surface area contributed by atoms with Gasteiger partial charge in [0.15, 0.2) is 0 Å². The van der Waals surface area contributed by atoms with Crippen LogP contribution in [0, 0.1) is 5.92 Å². The first-order valence-electron chi connectivity index (χ1n) is 8.65. The lowest BCUT2D eigenvalue weighted by atomic mass is 9.89. The fourth-order valence-corrected chi connectivity index (χ4v) is 3.18. The highest BCUT2D eigenvalue weighted by molar-refractivity contribution is 6.14. The molecule has 6 nitrogen and oxygen atoms in total. The van der Waals surface area contributed by atoms with E-state index < -0.39 is 0 Å². The summed E-state index contributed by atoms with van der Waals surface area (Å²) >= 11 is 0. The van der Waals surface area contributed by atoms with E-state index in [-0.39, 0.29) is 17.7 Å². The van der Waals surface area contributed by atoms with Crippen molar-refractivity contribution in [2.75, 3.05) is 0 Å². The maximum absolute atomic E-state index is 12.5. The molecule has 0 radical (unpaired) electrons. The van der Waals surface area contributed by atoms with Gasteiger partial charge < -0.3 is 9.88 Å². The van der Waals surface area contributed by atoms with E-state index in [1.54, 1.807) is 36.8 Å². The summed E-state index contributed by atoms with van der Waals surface area (Å²) in [5, 5.41) is 2.82. The molecule has 0 bridgehead atoms. The summed E-state index contributed by atoms with van der Waals surface area (Å²) in [6.07, 6.45) is 12.5. The van der Waals surface area contributed by atoms with Crippen LogP contribution in [-0.4, -0.2) is 27.1 Å². The Labute approximate surface area is 156 Å². The van der Waals surface area contributed by atoms with Crippen LogP contribution in [0.2, 0.25) is 0 Å². The molecule has 134 valence electrons. The summed E-state index contributed by atoms with van der Waals surface area (Å²) in [6.45, 7) is 2.62. The van der Waals surface area contributed by atoms with Gasteiger partial charge in [0, 0.05) is 42.2 Å². The van der Waals surface area contributed by atoms with E-state index in [9.17, 15) is 9.59 Å². The summed E-state index contributed by atoms with van der Waals surface area (Å²) in [4.78, 5) is 32.3. The van der Waals surface area contributed by atoms with Crippen LogP contribution >= 0.6 is 0 Å². The number of rotatable bonds is 3. The van der Waals surface area contributed by atoms with Crippen LogP contribution in [0.5, 0.6) is 0 Å². The highest BCUT2D eigenvalue weighted by Crippen LogP contribution is 2.26. The molecule has 0 fully saturated rings. The number of nitrogens with zero attached hydrogens (tertiary/aromatic N) is 3. The maximum Gasteiger partial charge on any atom is 0.277 e. The number of hydrogen-bond acceptors (Lipinski definition) is 3. The Morgan fingerprint density at radius 3 is 2.81 bits per heavy atom. The second kappa shape index (κ2) is 6.99. The predicted molar refractivity (Wildman–Crippen MR) is 102 cm³/mol. The number of carbonyl (C=O) groups excluding carboxylic acids is 2. The van der Waals surface area contributed by atoms with Crippen LogP contribution in [0.15, 0.2) is 83.6 Å². The lowest BCUT2D eigenvalue weighted by Crippen LogP contribution is -2.32. The highest BCUT2D eigenvalue weighted by atomic mass is 16.2. The van der Waals surface area contributed by atoms with E-state index in [1.807, 2.05) is 42.0 Å². The molecule has 2 aromatic rings. The van der Waals surface area contributed by atoms with Crippen molar-refractivity contribution in [3.05, 3.63) is 89.7 Å². The molecule has 0 spiro atoms. The van der Waals surface area contributed by atoms with Crippen molar-refractivity contribution < 1.29 is 9.59 Å².